The van der Waals surface area contributed by atoms with Gasteiger partial charge in [0.2, 0.25) is 15.9 Å². The highest BCUT2D eigenvalue weighted by molar-refractivity contribution is 7.89. The summed E-state index contributed by atoms with van der Waals surface area (Å²) in [5, 5.41) is 20.8. The Morgan fingerprint density at radius 1 is 1.03 bits per heavy atom. The molecule has 37 heavy (non-hydrogen) atoms. The number of amides is 1. The van der Waals surface area contributed by atoms with Crippen LogP contribution in [0.5, 0.6) is 0 Å². The summed E-state index contributed by atoms with van der Waals surface area (Å²) in [7, 11) is -3.68. The second-order valence-electron chi connectivity index (χ2n) is 10.5. The molecule has 1 heterocycles. The molecule has 0 saturated heterocycles. The fraction of sp³-hybridized carbons (Fsp3) is 0.429. The number of nitrogens with zero attached hydrogens (tertiary/aromatic N) is 1. The summed E-state index contributed by atoms with van der Waals surface area (Å²) in [6.45, 7) is 7.21. The minimum absolute atomic E-state index is 0.113. The Morgan fingerprint density at radius 2 is 1.65 bits per heavy atom. The van der Waals surface area contributed by atoms with Gasteiger partial charge in [0.05, 0.1) is 22.2 Å². The molecule has 8 nitrogen and oxygen atoms in total. The zero-order valence-corrected chi connectivity index (χ0v) is 22.6. The Labute approximate surface area is 218 Å². The standard InChI is InChI=1S/C28H36N4O4S/c1-18-25(19(2)31-30-18)20-12-16-24(17-13-20)37(35,36)32-23-14-10-22(11-15-23)27(33)29-26(28(3,4)34)21-8-6-5-7-9-21/h5-9,12-13,16-17,22-23,26,32,34H,10-11,14-15H2,1-4H3,(H,29,33)(H,30,31)/t22?,23?,26-/m0/s1. The average Bonchev–Trinajstić information content (AvgIpc) is 3.20. The molecule has 198 valence electrons. The molecule has 1 aliphatic carbocycles. The average molecular weight is 525 g/mol. The third-order valence-electron chi connectivity index (χ3n) is 7.13. The van der Waals surface area contributed by atoms with Crippen LogP contribution in [0.3, 0.4) is 0 Å². The van der Waals surface area contributed by atoms with Gasteiger partial charge in [-0.25, -0.2) is 13.1 Å². The number of hydrogen-bond donors (Lipinski definition) is 4. The molecule has 1 atom stereocenters. The van der Waals surface area contributed by atoms with E-state index in [1.165, 1.54) is 0 Å². The maximum Gasteiger partial charge on any atom is 0.240 e. The zero-order valence-electron chi connectivity index (χ0n) is 21.8. The lowest BCUT2D eigenvalue weighted by Crippen LogP contribution is -2.46. The van der Waals surface area contributed by atoms with E-state index in [4.69, 9.17) is 0 Å². The molecule has 2 aromatic carbocycles. The van der Waals surface area contributed by atoms with Gasteiger partial charge in [0, 0.05) is 23.2 Å². The number of rotatable bonds is 8. The fourth-order valence-corrected chi connectivity index (χ4v) is 6.42. The molecule has 3 aromatic rings. The summed E-state index contributed by atoms with van der Waals surface area (Å²) < 4.78 is 28.9. The van der Waals surface area contributed by atoms with Crippen LogP contribution < -0.4 is 10.0 Å². The molecule has 1 saturated carbocycles. The van der Waals surface area contributed by atoms with Crippen molar-refractivity contribution < 1.29 is 18.3 Å². The lowest BCUT2D eigenvalue weighted by molar-refractivity contribution is -0.128. The smallest absolute Gasteiger partial charge is 0.240 e. The van der Waals surface area contributed by atoms with Crippen LogP contribution in [0.15, 0.2) is 59.5 Å². The second kappa shape index (κ2) is 10.8. The first-order valence-electron chi connectivity index (χ1n) is 12.7. The molecule has 4 N–H and O–H groups in total. The van der Waals surface area contributed by atoms with E-state index in [1.54, 1.807) is 38.1 Å². The second-order valence-corrected chi connectivity index (χ2v) is 12.2. The predicted octanol–water partition coefficient (Wildman–Crippen LogP) is 4.16. The molecule has 1 amide bonds. The van der Waals surface area contributed by atoms with Crippen molar-refractivity contribution in [2.75, 3.05) is 0 Å². The number of hydrogen-bond acceptors (Lipinski definition) is 5. The summed E-state index contributed by atoms with van der Waals surface area (Å²) in [6, 6.07) is 15.5. The van der Waals surface area contributed by atoms with Gasteiger partial charge < -0.3 is 10.4 Å². The van der Waals surface area contributed by atoms with Crippen molar-refractivity contribution in [3.8, 4) is 11.1 Å². The van der Waals surface area contributed by atoms with E-state index in [0.717, 1.165) is 28.1 Å². The van der Waals surface area contributed by atoms with Crippen LogP contribution in [0, 0.1) is 19.8 Å². The molecule has 0 bridgehead atoms. The highest BCUT2D eigenvalue weighted by Crippen LogP contribution is 2.30. The first-order valence-corrected chi connectivity index (χ1v) is 14.2. The van der Waals surface area contributed by atoms with Crippen LogP contribution >= 0.6 is 0 Å². The van der Waals surface area contributed by atoms with Crippen molar-refractivity contribution in [3.05, 3.63) is 71.5 Å². The van der Waals surface area contributed by atoms with E-state index in [-0.39, 0.29) is 22.8 Å². The number of aromatic nitrogens is 2. The number of carbonyl (C=O) groups excluding carboxylic acids is 1. The van der Waals surface area contributed by atoms with Crippen molar-refractivity contribution in [2.24, 2.45) is 5.92 Å². The minimum Gasteiger partial charge on any atom is -0.388 e. The monoisotopic (exact) mass is 524 g/mol. The molecule has 0 spiro atoms. The normalized spacial score (nSPS) is 19.4. The van der Waals surface area contributed by atoms with Crippen LogP contribution in [0.2, 0.25) is 0 Å². The van der Waals surface area contributed by atoms with Crippen LogP contribution in [0.1, 0.15) is 62.5 Å². The fourth-order valence-electron chi connectivity index (χ4n) is 5.11. The van der Waals surface area contributed by atoms with Crippen molar-refractivity contribution in [3.63, 3.8) is 0 Å². The van der Waals surface area contributed by atoms with Crippen molar-refractivity contribution >= 4 is 15.9 Å². The van der Waals surface area contributed by atoms with Crippen molar-refractivity contribution in [1.82, 2.24) is 20.2 Å². The number of sulfonamides is 1. The molecule has 1 fully saturated rings. The Morgan fingerprint density at radius 3 is 2.19 bits per heavy atom. The Balaban J connectivity index is 1.35. The van der Waals surface area contributed by atoms with Crippen LogP contribution in [0.25, 0.3) is 11.1 Å². The first kappa shape index (κ1) is 27.0. The number of aromatic amines is 1. The SMILES string of the molecule is Cc1n[nH]c(C)c1-c1ccc(S(=O)(=O)NC2CCC(C(=O)N[C@@H](c3ccccc3)C(C)(C)O)CC2)cc1. The lowest BCUT2D eigenvalue weighted by atomic mass is 9.84. The maximum absolute atomic E-state index is 13.1. The molecule has 0 aliphatic heterocycles. The van der Waals surface area contributed by atoms with Gasteiger partial charge in [-0.1, -0.05) is 42.5 Å². The van der Waals surface area contributed by atoms with Gasteiger partial charge in [-0.3, -0.25) is 9.89 Å². The summed E-state index contributed by atoms with van der Waals surface area (Å²) in [5.41, 5.74) is 3.40. The van der Waals surface area contributed by atoms with E-state index < -0.39 is 21.7 Å². The number of H-pyrrole nitrogens is 1. The number of benzene rings is 2. The summed E-state index contributed by atoms with van der Waals surface area (Å²) in [6.07, 6.45) is 2.29. The molecule has 0 radical (unpaired) electrons. The van der Waals surface area contributed by atoms with Crippen molar-refractivity contribution in [1.29, 1.82) is 0 Å². The zero-order chi connectivity index (χ0) is 26.8. The Hall–Kier alpha value is -3.01. The van der Waals surface area contributed by atoms with E-state index in [1.807, 2.05) is 44.2 Å². The third kappa shape index (κ3) is 6.29. The summed E-state index contributed by atoms with van der Waals surface area (Å²) in [5.74, 6) is -0.340. The molecule has 9 heteroatoms. The van der Waals surface area contributed by atoms with E-state index in [9.17, 15) is 18.3 Å². The highest BCUT2D eigenvalue weighted by Gasteiger charge is 2.34. The quantitative estimate of drug-likeness (QED) is 0.352. The first-order chi connectivity index (χ1) is 17.5. The molecule has 0 unspecified atom stereocenters. The predicted molar refractivity (Wildman–Crippen MR) is 143 cm³/mol. The van der Waals surface area contributed by atoms with Crippen LogP contribution in [-0.2, 0) is 14.8 Å². The number of nitrogens with one attached hydrogen (secondary N) is 3. The highest BCUT2D eigenvalue weighted by atomic mass is 32.2. The van der Waals surface area contributed by atoms with E-state index >= 15 is 0 Å². The summed E-state index contributed by atoms with van der Waals surface area (Å²) in [4.78, 5) is 13.3. The Kier molecular flexibility index (Phi) is 7.87. The van der Waals surface area contributed by atoms with Gasteiger partial charge in [0.15, 0.2) is 0 Å². The van der Waals surface area contributed by atoms with Gasteiger partial charge >= 0.3 is 0 Å². The molecular weight excluding hydrogens is 488 g/mol. The molecule has 1 aliphatic rings. The van der Waals surface area contributed by atoms with Gasteiger partial charge in [-0.2, -0.15) is 5.10 Å². The minimum atomic E-state index is -3.68. The largest absolute Gasteiger partial charge is 0.388 e. The topological polar surface area (TPSA) is 124 Å². The van der Waals surface area contributed by atoms with Gasteiger partial charge in [0.25, 0.3) is 0 Å². The lowest BCUT2D eigenvalue weighted by Gasteiger charge is -2.34. The number of carbonyl (C=O) groups is 1. The van der Waals surface area contributed by atoms with Crippen molar-refractivity contribution in [2.45, 2.75) is 76.0 Å². The van der Waals surface area contributed by atoms with E-state index in [0.29, 0.717) is 25.7 Å². The Bertz CT molecular complexity index is 1300. The summed E-state index contributed by atoms with van der Waals surface area (Å²) >= 11 is 0. The van der Waals surface area contributed by atoms with Crippen LogP contribution in [-0.4, -0.2) is 41.3 Å². The van der Waals surface area contributed by atoms with Gasteiger partial charge in [0.1, 0.15) is 0 Å². The van der Waals surface area contributed by atoms with Gasteiger partial charge in [-0.05, 0) is 76.6 Å². The molecule has 1 aromatic heterocycles. The van der Waals surface area contributed by atoms with E-state index in [2.05, 4.69) is 20.2 Å². The third-order valence-corrected chi connectivity index (χ3v) is 8.66. The number of aliphatic hydroxyl groups is 1. The van der Waals surface area contributed by atoms with Crippen LogP contribution in [0.4, 0.5) is 0 Å². The van der Waals surface area contributed by atoms with Gasteiger partial charge in [-0.15, -0.1) is 0 Å². The molecule has 4 rings (SSSR count). The maximum atomic E-state index is 13.1. The molecular formula is C28H36N4O4S. The number of aryl methyl sites for hydroxylation is 2.